The molecule has 0 radical (unpaired) electrons. The van der Waals surface area contributed by atoms with Crippen molar-refractivity contribution in [3.05, 3.63) is 95.8 Å². The zero-order valence-electron chi connectivity index (χ0n) is 36.9. The number of carbonyl (C=O) groups excluding carboxylic acids is 1. The lowest BCUT2D eigenvalue weighted by molar-refractivity contribution is -0.441. The number of benzene rings is 2. The van der Waals surface area contributed by atoms with Crippen molar-refractivity contribution in [2.75, 3.05) is 64.8 Å². The van der Waals surface area contributed by atoms with Gasteiger partial charge in [-0.2, -0.15) is 29.8 Å². The first-order valence-corrected chi connectivity index (χ1v) is 25.2. The van der Waals surface area contributed by atoms with Gasteiger partial charge < -0.3 is 24.8 Å². The van der Waals surface area contributed by atoms with Gasteiger partial charge in [-0.1, -0.05) is 36.8 Å². The Bertz CT molecular complexity index is 2510. The summed E-state index contributed by atoms with van der Waals surface area (Å²) in [5, 5.41) is 12.0. The molecule has 2 aliphatic rings. The second kappa shape index (κ2) is 22.6. The van der Waals surface area contributed by atoms with Crippen LogP contribution in [0.25, 0.3) is 0 Å². The second-order valence-electron chi connectivity index (χ2n) is 15.9. The van der Waals surface area contributed by atoms with Gasteiger partial charge in [0, 0.05) is 74.7 Å². The SMILES string of the molecule is COCCNC(=O)CCC1(C)C(=CC=CC=CC=CC2=[N+](CCOC)c3ccc(S(=O)(=O)OC)cc3C2(C)CCCS(=O)(=O)O)N(CCCCCC(=O)O)c2ccc(S(=O)(=O)O)cc21. The Labute approximate surface area is 376 Å². The molecular formula is C44H60N3O14S3+. The molecule has 0 saturated carbocycles. The number of rotatable bonds is 26. The summed E-state index contributed by atoms with van der Waals surface area (Å²) in [6.45, 7) is 5.62. The van der Waals surface area contributed by atoms with Gasteiger partial charge in [-0.15, -0.1) is 0 Å². The average molecular weight is 951 g/mol. The zero-order chi connectivity index (χ0) is 47.3. The number of ether oxygens (including phenoxy) is 2. The summed E-state index contributed by atoms with van der Waals surface area (Å²) >= 11 is 0. The molecule has 2 aromatic rings. The number of allylic oxidation sites excluding steroid dienone is 8. The van der Waals surface area contributed by atoms with E-state index in [1.165, 1.54) is 31.4 Å². The van der Waals surface area contributed by atoms with Crippen molar-refractivity contribution in [1.29, 1.82) is 0 Å². The number of anilines is 1. The molecule has 2 aliphatic heterocycles. The fraction of sp³-hybridized carbons (Fsp3) is 0.477. The largest absolute Gasteiger partial charge is 0.481 e. The van der Waals surface area contributed by atoms with Crippen LogP contribution < -0.4 is 10.2 Å². The molecule has 4 rings (SSSR count). The number of fused-ring (bicyclic) bond motifs is 2. The van der Waals surface area contributed by atoms with Crippen molar-refractivity contribution in [3.8, 4) is 0 Å². The van der Waals surface area contributed by atoms with Crippen LogP contribution in [-0.4, -0.2) is 122 Å². The molecule has 64 heavy (non-hydrogen) atoms. The zero-order valence-corrected chi connectivity index (χ0v) is 39.3. The maximum atomic E-state index is 12.9. The van der Waals surface area contributed by atoms with Gasteiger partial charge in [0.05, 0.1) is 34.7 Å². The molecule has 352 valence electrons. The molecule has 2 unspecified atom stereocenters. The van der Waals surface area contributed by atoms with E-state index in [1.807, 2.05) is 41.6 Å². The summed E-state index contributed by atoms with van der Waals surface area (Å²) in [7, 11) is -8.75. The molecule has 4 N–H and O–H groups in total. The van der Waals surface area contributed by atoms with E-state index in [-0.39, 0.29) is 47.8 Å². The predicted octanol–water partition coefficient (Wildman–Crippen LogP) is 5.46. The molecular weight excluding hydrogens is 891 g/mol. The van der Waals surface area contributed by atoms with Crippen LogP contribution in [0, 0.1) is 0 Å². The van der Waals surface area contributed by atoms with Gasteiger partial charge in [-0.05, 0) is 87.9 Å². The van der Waals surface area contributed by atoms with Crippen LogP contribution in [0.3, 0.4) is 0 Å². The molecule has 2 heterocycles. The number of carboxylic acids is 1. The highest BCUT2D eigenvalue weighted by Gasteiger charge is 2.48. The van der Waals surface area contributed by atoms with Crippen LogP contribution in [-0.2, 0) is 64.4 Å². The van der Waals surface area contributed by atoms with Crippen molar-refractivity contribution >= 4 is 59.3 Å². The molecule has 0 aromatic heterocycles. The van der Waals surface area contributed by atoms with Crippen molar-refractivity contribution in [2.45, 2.75) is 85.8 Å². The van der Waals surface area contributed by atoms with Gasteiger partial charge in [0.1, 0.15) is 6.61 Å². The lowest BCUT2D eigenvalue weighted by Gasteiger charge is -2.30. The number of unbranched alkanes of at least 4 members (excludes halogenated alkanes) is 2. The van der Waals surface area contributed by atoms with Crippen molar-refractivity contribution in [1.82, 2.24) is 5.32 Å². The number of carboxylic acid groups (broad SMARTS) is 1. The van der Waals surface area contributed by atoms with Crippen LogP contribution in [0.5, 0.6) is 0 Å². The van der Waals surface area contributed by atoms with E-state index in [1.54, 1.807) is 43.5 Å². The number of hydrogen-bond acceptors (Lipinski definition) is 12. The van der Waals surface area contributed by atoms with Crippen LogP contribution in [0.15, 0.2) is 94.4 Å². The minimum atomic E-state index is -4.57. The molecule has 1 amide bonds. The molecule has 0 aliphatic carbocycles. The van der Waals surface area contributed by atoms with E-state index in [0.29, 0.717) is 74.6 Å². The van der Waals surface area contributed by atoms with Crippen LogP contribution in [0.1, 0.15) is 76.3 Å². The first-order chi connectivity index (χ1) is 30.1. The lowest BCUT2D eigenvalue weighted by Crippen LogP contribution is -2.32. The van der Waals surface area contributed by atoms with Crippen molar-refractivity contribution < 1.29 is 67.3 Å². The van der Waals surface area contributed by atoms with E-state index in [0.717, 1.165) is 18.5 Å². The highest BCUT2D eigenvalue weighted by molar-refractivity contribution is 7.86. The Balaban J connectivity index is 1.73. The van der Waals surface area contributed by atoms with Crippen LogP contribution in [0.4, 0.5) is 11.4 Å². The topological polar surface area (TPSA) is 243 Å². The second-order valence-corrected chi connectivity index (χ2v) is 20.6. The van der Waals surface area contributed by atoms with E-state index >= 15 is 0 Å². The summed E-state index contributed by atoms with van der Waals surface area (Å²) in [6.07, 6.45) is 15.1. The fourth-order valence-electron chi connectivity index (χ4n) is 8.23. The fourth-order valence-corrected chi connectivity index (χ4v) is 9.93. The van der Waals surface area contributed by atoms with Crippen molar-refractivity contribution in [3.63, 3.8) is 0 Å². The summed E-state index contributed by atoms with van der Waals surface area (Å²) < 4.78 is 110. The van der Waals surface area contributed by atoms with Gasteiger partial charge in [-0.25, -0.2) is 0 Å². The molecule has 0 fully saturated rings. The van der Waals surface area contributed by atoms with E-state index in [2.05, 4.69) is 5.32 Å². The van der Waals surface area contributed by atoms with Gasteiger partial charge in [0.15, 0.2) is 12.3 Å². The molecule has 2 aromatic carbocycles. The molecule has 0 saturated heterocycles. The standard InChI is InChI=1S/C44H59N3O14S3/c1-43(23-14-30-62(51,52)53)36-32-34(64(57,58)61-5)19-21-38(36)47(27-29-60-4)39(43)15-10-7-6-8-11-16-40-44(2,24-22-41(48)45-25-28-59-3)35-31-33(63(54,55)56)18-20-37(35)46(40)26-13-9-12-17-42(49)50/h6-8,10-11,15-16,18-21,31-32H,9,12-14,17,22-30H2,1-5H3,(H3-,45,48,49,50,51,52,53,54,55,56)/p+1. The minimum Gasteiger partial charge on any atom is -0.481 e. The summed E-state index contributed by atoms with van der Waals surface area (Å²) in [6, 6.07) is 9.04. The first-order valence-electron chi connectivity index (χ1n) is 20.8. The molecule has 0 bridgehead atoms. The quantitative estimate of drug-likeness (QED) is 0.0301. The average Bonchev–Trinajstić information content (AvgIpc) is 3.60. The third-order valence-corrected chi connectivity index (χ3v) is 14.5. The summed E-state index contributed by atoms with van der Waals surface area (Å²) in [5.74, 6) is -1.59. The Morgan fingerprint density at radius 1 is 0.781 bits per heavy atom. The molecule has 2 atom stereocenters. The van der Waals surface area contributed by atoms with E-state index < -0.39 is 52.9 Å². The number of aliphatic carboxylic acids is 1. The monoisotopic (exact) mass is 950 g/mol. The Kier molecular flexibility index (Phi) is 18.4. The highest BCUT2D eigenvalue weighted by atomic mass is 32.2. The number of nitrogens with zero attached hydrogens (tertiary/aromatic N) is 2. The summed E-state index contributed by atoms with van der Waals surface area (Å²) in [4.78, 5) is 25.8. The smallest absolute Gasteiger partial charge is 0.303 e. The molecule has 0 spiro atoms. The maximum Gasteiger partial charge on any atom is 0.303 e. The molecule has 20 heteroatoms. The number of methoxy groups -OCH3 is 2. The third-order valence-electron chi connectivity index (χ3n) is 11.5. The van der Waals surface area contributed by atoms with Gasteiger partial charge in [-0.3, -0.25) is 22.9 Å². The number of amides is 1. The first kappa shape index (κ1) is 52.1. The van der Waals surface area contributed by atoms with Gasteiger partial charge >= 0.3 is 5.97 Å². The lowest BCUT2D eigenvalue weighted by atomic mass is 9.76. The summed E-state index contributed by atoms with van der Waals surface area (Å²) in [5.41, 5.74) is 2.36. The Hall–Kier alpha value is -4.54. The maximum absolute atomic E-state index is 12.9. The van der Waals surface area contributed by atoms with Gasteiger partial charge in [0.25, 0.3) is 30.4 Å². The number of nitrogens with one attached hydrogen (secondary N) is 1. The van der Waals surface area contributed by atoms with Crippen molar-refractivity contribution in [2.24, 2.45) is 0 Å². The third kappa shape index (κ3) is 13.3. The van der Waals surface area contributed by atoms with E-state index in [4.69, 9.17) is 18.8 Å². The van der Waals surface area contributed by atoms with Gasteiger partial charge in [0.2, 0.25) is 11.6 Å². The molecule has 17 nitrogen and oxygen atoms in total. The van der Waals surface area contributed by atoms with Crippen LogP contribution in [0.2, 0.25) is 0 Å². The predicted molar refractivity (Wildman–Crippen MR) is 242 cm³/mol. The number of hydrogen-bond donors (Lipinski definition) is 4. The number of carbonyl (C=O) groups is 2. The van der Waals surface area contributed by atoms with Crippen LogP contribution >= 0.6 is 0 Å². The normalized spacial score (nSPS) is 19.7. The van der Waals surface area contributed by atoms with E-state index in [9.17, 15) is 43.9 Å². The highest BCUT2D eigenvalue weighted by Crippen LogP contribution is 2.51. The Morgan fingerprint density at radius 3 is 2.11 bits per heavy atom. The Morgan fingerprint density at radius 2 is 1.45 bits per heavy atom. The minimum absolute atomic E-state index is 0.0285.